The van der Waals surface area contributed by atoms with Crippen LogP contribution < -0.4 is 5.43 Å². The minimum atomic E-state index is 0.866. The van der Waals surface area contributed by atoms with Crippen molar-refractivity contribution < 1.29 is 0 Å². The smallest absolute Gasteiger partial charge is 0.0369 e. The molecule has 0 aromatic carbocycles. The minimum absolute atomic E-state index is 0.866. The maximum atomic E-state index is 3.25. The first-order chi connectivity index (χ1) is 2.95. The Morgan fingerprint density at radius 2 is 2.50 bits per heavy atom. The zero-order chi connectivity index (χ0) is 3.98. The second kappa shape index (κ2) is 0.768. The number of hydrogen-bond donors (Lipinski definition) is 1. The van der Waals surface area contributed by atoms with Crippen LogP contribution >= 0.6 is 0 Å². The van der Waals surface area contributed by atoms with Crippen molar-refractivity contribution in [3.8, 4) is 0 Å². The Morgan fingerprint density at radius 1 is 1.67 bits per heavy atom. The van der Waals surface area contributed by atoms with E-state index in [1.165, 1.54) is 19.5 Å². The minimum Gasteiger partial charge on any atom is -0.251 e. The van der Waals surface area contributed by atoms with Gasteiger partial charge in [0.05, 0.1) is 0 Å². The third-order valence-corrected chi connectivity index (χ3v) is 1.55. The Bertz CT molecular complexity index is 52.4. The monoisotopic (exact) mass is 84.1 g/mol. The van der Waals surface area contributed by atoms with Crippen LogP contribution in [0.5, 0.6) is 0 Å². The Morgan fingerprint density at radius 3 is 2.67 bits per heavy atom. The van der Waals surface area contributed by atoms with Crippen LogP contribution in [0.3, 0.4) is 0 Å². The molecule has 34 valence electrons. The van der Waals surface area contributed by atoms with E-state index in [9.17, 15) is 0 Å². The van der Waals surface area contributed by atoms with Crippen molar-refractivity contribution in [2.75, 3.05) is 13.1 Å². The van der Waals surface area contributed by atoms with Crippen molar-refractivity contribution in [3.63, 3.8) is 0 Å². The van der Waals surface area contributed by atoms with Gasteiger partial charge in [0, 0.05) is 19.1 Å². The summed E-state index contributed by atoms with van der Waals surface area (Å²) in [4.78, 5) is 0. The molecular formula is C4H8N2. The van der Waals surface area contributed by atoms with Crippen molar-refractivity contribution >= 4 is 0 Å². The molecule has 3 aliphatic rings. The summed E-state index contributed by atoms with van der Waals surface area (Å²) in [5.74, 6) is 0. The summed E-state index contributed by atoms with van der Waals surface area (Å²) < 4.78 is 0. The fourth-order valence-corrected chi connectivity index (χ4v) is 1.13. The Hall–Kier alpha value is -0.0800. The molecule has 0 aliphatic carbocycles. The van der Waals surface area contributed by atoms with E-state index in [0.29, 0.717) is 0 Å². The molecule has 2 heteroatoms. The molecule has 0 spiro atoms. The summed E-state index contributed by atoms with van der Waals surface area (Å²) in [7, 11) is 0. The van der Waals surface area contributed by atoms with Gasteiger partial charge in [-0.3, -0.25) is 5.43 Å². The van der Waals surface area contributed by atoms with Gasteiger partial charge in [-0.15, -0.1) is 0 Å². The largest absolute Gasteiger partial charge is 0.251 e. The molecule has 3 rings (SSSR count). The van der Waals surface area contributed by atoms with Crippen molar-refractivity contribution in [2.24, 2.45) is 0 Å². The van der Waals surface area contributed by atoms with Gasteiger partial charge >= 0.3 is 0 Å². The highest BCUT2D eigenvalue weighted by atomic mass is 15.6. The summed E-state index contributed by atoms with van der Waals surface area (Å²) in [6.07, 6.45) is 1.38. The predicted molar refractivity (Wildman–Crippen MR) is 23.1 cm³/mol. The molecule has 2 nitrogen and oxygen atoms in total. The van der Waals surface area contributed by atoms with E-state index in [2.05, 4.69) is 10.4 Å². The third kappa shape index (κ3) is 0.200. The van der Waals surface area contributed by atoms with Gasteiger partial charge in [0.15, 0.2) is 0 Å². The highest BCUT2D eigenvalue weighted by molar-refractivity contribution is 4.87. The van der Waals surface area contributed by atoms with Crippen LogP contribution in [0.1, 0.15) is 6.42 Å². The molecule has 1 N–H and O–H groups in total. The quantitative estimate of drug-likeness (QED) is 0.429. The molecule has 6 heavy (non-hydrogen) atoms. The zero-order valence-corrected chi connectivity index (χ0v) is 3.65. The third-order valence-electron chi connectivity index (χ3n) is 1.55. The van der Waals surface area contributed by atoms with Crippen LogP contribution in [0.2, 0.25) is 0 Å². The molecule has 0 radical (unpaired) electrons. The number of nitrogens with zero attached hydrogens (tertiary/aromatic N) is 1. The SMILES string of the molecule is C1CN2CC1N2. The summed E-state index contributed by atoms with van der Waals surface area (Å²) in [6, 6.07) is 0.866. The summed E-state index contributed by atoms with van der Waals surface area (Å²) in [6.45, 7) is 2.59. The summed E-state index contributed by atoms with van der Waals surface area (Å²) in [5, 5.41) is 2.25. The van der Waals surface area contributed by atoms with E-state index in [1.54, 1.807) is 0 Å². The molecule has 3 saturated heterocycles. The molecule has 3 aliphatic heterocycles. The van der Waals surface area contributed by atoms with Gasteiger partial charge in [-0.2, -0.15) is 0 Å². The van der Waals surface area contributed by atoms with E-state index in [4.69, 9.17) is 0 Å². The molecule has 0 amide bonds. The van der Waals surface area contributed by atoms with Crippen molar-refractivity contribution in [1.82, 2.24) is 10.4 Å². The van der Waals surface area contributed by atoms with Crippen molar-refractivity contribution in [2.45, 2.75) is 12.5 Å². The molecule has 3 heterocycles. The molecule has 3 fully saturated rings. The van der Waals surface area contributed by atoms with Crippen molar-refractivity contribution in [3.05, 3.63) is 0 Å². The van der Waals surface area contributed by atoms with Gasteiger partial charge in [0.2, 0.25) is 0 Å². The van der Waals surface area contributed by atoms with Gasteiger partial charge in [-0.05, 0) is 6.42 Å². The van der Waals surface area contributed by atoms with E-state index < -0.39 is 0 Å². The lowest BCUT2D eigenvalue weighted by Crippen LogP contribution is -2.52. The zero-order valence-electron chi connectivity index (χ0n) is 3.65. The first kappa shape index (κ1) is 2.99. The average Bonchev–Trinajstić information content (AvgIpc) is 1.72. The van der Waals surface area contributed by atoms with Gasteiger partial charge in [0.25, 0.3) is 0 Å². The van der Waals surface area contributed by atoms with E-state index >= 15 is 0 Å². The maximum Gasteiger partial charge on any atom is 0.0369 e. The van der Waals surface area contributed by atoms with E-state index in [0.717, 1.165) is 6.04 Å². The summed E-state index contributed by atoms with van der Waals surface area (Å²) >= 11 is 0. The lowest BCUT2D eigenvalue weighted by atomic mass is 10.3. The first-order valence-electron chi connectivity index (χ1n) is 2.46. The lowest BCUT2D eigenvalue weighted by Gasteiger charge is -2.27. The molecule has 0 aromatic heterocycles. The second-order valence-corrected chi connectivity index (χ2v) is 2.06. The number of rotatable bonds is 0. The standard InChI is InChI=1S/C4H8N2/c1-2-6-3-4(1)5-6/h4-5H,1-3H2. The van der Waals surface area contributed by atoms with Gasteiger partial charge in [0.1, 0.15) is 0 Å². The summed E-state index contributed by atoms with van der Waals surface area (Å²) in [5.41, 5.74) is 3.25. The van der Waals surface area contributed by atoms with Gasteiger partial charge in [-0.25, -0.2) is 5.01 Å². The first-order valence-corrected chi connectivity index (χ1v) is 2.46. The van der Waals surface area contributed by atoms with Crippen LogP contribution in [0.15, 0.2) is 0 Å². The van der Waals surface area contributed by atoms with Crippen LogP contribution in [-0.2, 0) is 0 Å². The fraction of sp³-hybridized carbons (Fsp3) is 1.00. The molecule has 2 unspecified atom stereocenters. The van der Waals surface area contributed by atoms with E-state index in [1.807, 2.05) is 0 Å². The Kier molecular flexibility index (Phi) is 0.383. The molecular weight excluding hydrogens is 76.1 g/mol. The van der Waals surface area contributed by atoms with Crippen LogP contribution in [0.25, 0.3) is 0 Å². The number of hydrogen-bond acceptors (Lipinski definition) is 2. The second-order valence-electron chi connectivity index (χ2n) is 2.06. The van der Waals surface area contributed by atoms with Gasteiger partial charge < -0.3 is 0 Å². The Balaban J connectivity index is 2.16. The predicted octanol–water partition coefficient (Wildman–Crippen LogP) is -0.421. The fourth-order valence-electron chi connectivity index (χ4n) is 1.13. The van der Waals surface area contributed by atoms with Crippen molar-refractivity contribution in [1.29, 1.82) is 0 Å². The van der Waals surface area contributed by atoms with Crippen LogP contribution in [0.4, 0.5) is 0 Å². The maximum absolute atomic E-state index is 3.25. The molecule has 2 atom stereocenters. The molecule has 0 aromatic rings. The normalized spacial score (nSPS) is 52.0. The van der Waals surface area contributed by atoms with E-state index in [-0.39, 0.29) is 0 Å². The van der Waals surface area contributed by atoms with Crippen LogP contribution in [0, 0.1) is 0 Å². The number of nitrogens with one attached hydrogen (secondary N) is 1. The number of fused-ring (bicyclic) bond motifs is 1. The number of hydrazine groups is 1. The Labute approximate surface area is 37.1 Å². The molecule has 0 saturated carbocycles. The highest BCUT2D eigenvalue weighted by Gasteiger charge is 2.32. The highest BCUT2D eigenvalue weighted by Crippen LogP contribution is 2.15. The van der Waals surface area contributed by atoms with Gasteiger partial charge in [-0.1, -0.05) is 0 Å². The topological polar surface area (TPSA) is 15.3 Å². The lowest BCUT2D eigenvalue weighted by molar-refractivity contribution is 0.135. The molecule has 2 bridgehead atoms. The average molecular weight is 84.1 g/mol. The van der Waals surface area contributed by atoms with Crippen LogP contribution in [-0.4, -0.2) is 24.1 Å².